The van der Waals surface area contributed by atoms with E-state index in [1.54, 1.807) is 20.8 Å². The third-order valence-electron chi connectivity index (χ3n) is 4.23. The fourth-order valence-corrected chi connectivity index (χ4v) is 3.23. The van der Waals surface area contributed by atoms with Gasteiger partial charge in [-0.05, 0) is 19.8 Å². The summed E-state index contributed by atoms with van der Waals surface area (Å²) in [4.78, 5) is 12.1. The van der Waals surface area contributed by atoms with E-state index in [4.69, 9.17) is 4.74 Å². The topological polar surface area (TPSA) is 97.7 Å². The molecule has 1 fully saturated rings. The van der Waals surface area contributed by atoms with Gasteiger partial charge in [-0.2, -0.15) is 15.8 Å². The van der Waals surface area contributed by atoms with E-state index < -0.39 is 22.2 Å². The Kier molecular flexibility index (Phi) is 3.36. The molecule has 5 heteroatoms. The minimum Gasteiger partial charge on any atom is -0.465 e. The molecule has 18 heavy (non-hydrogen) atoms. The molecule has 0 amide bonds. The molecule has 1 atom stereocenters. The van der Waals surface area contributed by atoms with Crippen molar-refractivity contribution < 1.29 is 9.53 Å². The molecular weight excluding hydrogens is 230 g/mol. The first-order chi connectivity index (χ1) is 8.53. The summed E-state index contributed by atoms with van der Waals surface area (Å²) in [6.45, 7) is 5.32. The van der Waals surface area contributed by atoms with Crippen LogP contribution in [0, 0.1) is 50.2 Å². The predicted molar refractivity (Wildman–Crippen MR) is 61.4 cm³/mol. The van der Waals surface area contributed by atoms with Crippen molar-refractivity contribution in [3.8, 4) is 18.2 Å². The highest BCUT2D eigenvalue weighted by Gasteiger charge is 2.93. The summed E-state index contributed by atoms with van der Waals surface area (Å²) in [6.07, 6.45) is 0.827. The van der Waals surface area contributed by atoms with Crippen molar-refractivity contribution in [3.63, 3.8) is 0 Å². The van der Waals surface area contributed by atoms with E-state index in [0.717, 1.165) is 0 Å². The molecule has 0 bridgehead atoms. The summed E-state index contributed by atoms with van der Waals surface area (Å²) in [7, 11) is 0. The van der Waals surface area contributed by atoms with Crippen molar-refractivity contribution in [2.75, 3.05) is 6.61 Å². The number of carbonyl (C=O) groups is 1. The van der Waals surface area contributed by atoms with Gasteiger partial charge in [-0.1, -0.05) is 13.8 Å². The summed E-state index contributed by atoms with van der Waals surface area (Å²) in [5.41, 5.74) is -4.17. The molecule has 0 saturated heterocycles. The van der Waals surface area contributed by atoms with E-state index in [0.29, 0.717) is 12.8 Å². The molecule has 0 aromatic heterocycles. The minimum absolute atomic E-state index is 0.124. The standard InChI is InChI=1S/C13H15N3O2/c1-4-11(5-2)12(7-14,8-15)13(11,9-16)10(17)18-6-3/h4-6H2,1-3H3/t13-/m0/s1. The lowest BCUT2D eigenvalue weighted by atomic mass is 9.88. The Morgan fingerprint density at radius 2 is 1.56 bits per heavy atom. The molecular formula is C13H15N3O2. The van der Waals surface area contributed by atoms with Gasteiger partial charge >= 0.3 is 5.97 Å². The monoisotopic (exact) mass is 245 g/mol. The smallest absolute Gasteiger partial charge is 0.329 e. The highest BCUT2D eigenvalue weighted by atomic mass is 16.5. The lowest BCUT2D eigenvalue weighted by Crippen LogP contribution is -2.26. The number of carbonyl (C=O) groups excluding carboxylic acids is 1. The lowest BCUT2D eigenvalue weighted by Gasteiger charge is -2.14. The Labute approximate surface area is 107 Å². The molecule has 0 aromatic rings. The molecule has 1 aliphatic carbocycles. The number of hydrogen-bond donors (Lipinski definition) is 0. The number of ether oxygens (including phenoxy) is 1. The van der Waals surface area contributed by atoms with Crippen LogP contribution in [0.4, 0.5) is 0 Å². The van der Waals surface area contributed by atoms with Crippen molar-refractivity contribution in [3.05, 3.63) is 0 Å². The molecule has 0 unspecified atom stereocenters. The normalized spacial score (nSPS) is 26.2. The zero-order valence-corrected chi connectivity index (χ0v) is 10.8. The first-order valence-corrected chi connectivity index (χ1v) is 5.95. The second kappa shape index (κ2) is 4.31. The Hall–Kier alpha value is -2.06. The number of esters is 1. The van der Waals surface area contributed by atoms with Crippen LogP contribution in [0.2, 0.25) is 0 Å². The summed E-state index contributed by atoms with van der Waals surface area (Å²) >= 11 is 0. The maximum atomic E-state index is 12.1. The fourth-order valence-electron chi connectivity index (χ4n) is 3.23. The van der Waals surface area contributed by atoms with Gasteiger partial charge in [0.25, 0.3) is 0 Å². The second-order valence-corrected chi connectivity index (χ2v) is 4.35. The molecule has 1 saturated carbocycles. The first kappa shape index (κ1) is 14.0. The molecule has 0 aromatic carbocycles. The van der Waals surface area contributed by atoms with Crippen molar-refractivity contribution in [1.29, 1.82) is 15.8 Å². The molecule has 5 nitrogen and oxygen atoms in total. The van der Waals surface area contributed by atoms with Gasteiger partial charge in [0.05, 0.1) is 24.8 Å². The van der Waals surface area contributed by atoms with Crippen LogP contribution < -0.4 is 0 Å². The van der Waals surface area contributed by atoms with Gasteiger partial charge in [-0.3, -0.25) is 4.79 Å². The Bertz CT molecular complexity index is 474. The molecule has 0 spiro atoms. The van der Waals surface area contributed by atoms with Crippen LogP contribution in [0.3, 0.4) is 0 Å². The van der Waals surface area contributed by atoms with E-state index in [1.807, 2.05) is 18.2 Å². The van der Waals surface area contributed by atoms with Gasteiger partial charge < -0.3 is 4.74 Å². The van der Waals surface area contributed by atoms with Gasteiger partial charge in [-0.15, -0.1) is 0 Å². The first-order valence-electron chi connectivity index (χ1n) is 5.95. The Balaban J connectivity index is 3.48. The molecule has 0 heterocycles. The van der Waals surface area contributed by atoms with Crippen molar-refractivity contribution in [2.24, 2.45) is 16.2 Å². The van der Waals surface area contributed by atoms with E-state index in [1.165, 1.54) is 0 Å². The van der Waals surface area contributed by atoms with E-state index in [9.17, 15) is 20.6 Å². The molecule has 0 radical (unpaired) electrons. The van der Waals surface area contributed by atoms with E-state index in [-0.39, 0.29) is 6.61 Å². The third-order valence-corrected chi connectivity index (χ3v) is 4.23. The zero-order chi connectivity index (χ0) is 14.0. The summed E-state index contributed by atoms with van der Waals surface area (Å²) in [5.74, 6) is -0.751. The quantitative estimate of drug-likeness (QED) is 0.704. The van der Waals surface area contributed by atoms with Crippen molar-refractivity contribution >= 4 is 5.97 Å². The van der Waals surface area contributed by atoms with Crippen LogP contribution in [0.5, 0.6) is 0 Å². The molecule has 94 valence electrons. The van der Waals surface area contributed by atoms with E-state index in [2.05, 4.69) is 0 Å². The second-order valence-electron chi connectivity index (χ2n) is 4.35. The Morgan fingerprint density at radius 1 is 1.06 bits per heavy atom. The number of rotatable bonds is 4. The highest BCUT2D eigenvalue weighted by Crippen LogP contribution is 2.81. The SMILES string of the molecule is CCOC(=O)[C@]1(C#N)C(C#N)(C#N)C1(CC)CC. The van der Waals surface area contributed by atoms with Crippen LogP contribution in [0.25, 0.3) is 0 Å². The minimum atomic E-state index is -1.65. The highest BCUT2D eigenvalue weighted by molar-refractivity contribution is 5.90. The van der Waals surface area contributed by atoms with Crippen LogP contribution in [-0.2, 0) is 9.53 Å². The zero-order valence-electron chi connectivity index (χ0n) is 10.8. The van der Waals surface area contributed by atoms with E-state index >= 15 is 0 Å². The largest absolute Gasteiger partial charge is 0.465 e. The summed E-state index contributed by atoms with van der Waals surface area (Å²) in [5, 5.41) is 28.0. The molecule has 1 rings (SSSR count). The third kappa shape index (κ3) is 1.06. The van der Waals surface area contributed by atoms with Gasteiger partial charge in [-0.25, -0.2) is 0 Å². The van der Waals surface area contributed by atoms with Gasteiger partial charge in [0.1, 0.15) is 0 Å². The van der Waals surface area contributed by atoms with Gasteiger partial charge in [0.15, 0.2) is 10.8 Å². The van der Waals surface area contributed by atoms with Gasteiger partial charge in [0, 0.05) is 5.41 Å². The van der Waals surface area contributed by atoms with Crippen LogP contribution in [0.15, 0.2) is 0 Å². The average molecular weight is 245 g/mol. The lowest BCUT2D eigenvalue weighted by molar-refractivity contribution is -0.149. The molecule has 1 aliphatic rings. The van der Waals surface area contributed by atoms with Gasteiger partial charge in [0.2, 0.25) is 0 Å². The number of nitrogens with zero attached hydrogens (tertiary/aromatic N) is 3. The molecule has 0 aliphatic heterocycles. The molecule has 0 N–H and O–H groups in total. The predicted octanol–water partition coefficient (Wildman–Crippen LogP) is 1.91. The number of hydrogen-bond acceptors (Lipinski definition) is 5. The summed E-state index contributed by atoms with van der Waals surface area (Å²) < 4.78 is 4.91. The van der Waals surface area contributed by atoms with Crippen LogP contribution in [-0.4, -0.2) is 12.6 Å². The van der Waals surface area contributed by atoms with Crippen LogP contribution in [0.1, 0.15) is 33.6 Å². The summed E-state index contributed by atoms with van der Waals surface area (Å²) in [6, 6.07) is 5.69. The average Bonchev–Trinajstić information content (AvgIpc) is 2.96. The maximum Gasteiger partial charge on any atom is 0.329 e. The van der Waals surface area contributed by atoms with Crippen molar-refractivity contribution in [2.45, 2.75) is 33.6 Å². The fraction of sp³-hybridized carbons (Fsp3) is 0.692. The maximum absolute atomic E-state index is 12.1. The van der Waals surface area contributed by atoms with Crippen LogP contribution >= 0.6 is 0 Å². The number of nitriles is 3. The Morgan fingerprint density at radius 3 is 1.78 bits per heavy atom. The van der Waals surface area contributed by atoms with Crippen molar-refractivity contribution in [1.82, 2.24) is 0 Å².